The van der Waals surface area contributed by atoms with Crippen LogP contribution in [0.4, 0.5) is 114 Å². The van der Waals surface area contributed by atoms with Crippen molar-refractivity contribution in [3.8, 4) is 0 Å². The molecule has 0 fully saturated rings. The van der Waals surface area contributed by atoms with Gasteiger partial charge in [0, 0.05) is 25.0 Å². The Hall–Kier alpha value is -2.38. The first-order valence-electron chi connectivity index (χ1n) is 15.8. The van der Waals surface area contributed by atoms with Crippen LogP contribution >= 0.6 is 0 Å². The number of hydrogen-bond acceptors (Lipinski definition) is 1. The molecule has 0 radical (unpaired) electrons. The van der Waals surface area contributed by atoms with E-state index < -0.39 is 122 Å². The fourth-order valence-corrected chi connectivity index (χ4v) is 5.02. The topological polar surface area (TPSA) is 9.23 Å². The van der Waals surface area contributed by atoms with Gasteiger partial charge >= 0.3 is 71.6 Å². The number of ether oxygens (including phenoxy) is 1. The third kappa shape index (κ3) is 9.99. The molecule has 0 saturated heterocycles. The van der Waals surface area contributed by atoms with Crippen molar-refractivity contribution in [1.29, 1.82) is 0 Å². The van der Waals surface area contributed by atoms with Gasteiger partial charge in [-0.2, -0.15) is 114 Å². The third-order valence-corrected chi connectivity index (χ3v) is 8.53. The summed E-state index contributed by atoms with van der Waals surface area (Å²) >= 11 is 0. The first-order chi connectivity index (χ1) is 25.1. The van der Waals surface area contributed by atoms with Gasteiger partial charge in [-0.3, -0.25) is 0 Å². The highest BCUT2D eigenvalue weighted by Crippen LogP contribution is 2.63. The Morgan fingerprint density at radius 1 is 0.333 bits per heavy atom. The van der Waals surface area contributed by atoms with E-state index in [0.29, 0.717) is 12.2 Å². The maximum Gasteiger partial charge on any atom is 0.460 e. The summed E-state index contributed by atoms with van der Waals surface area (Å²) in [7, 11) is 0. The van der Waals surface area contributed by atoms with Crippen LogP contribution in [-0.4, -0.2) is 84.8 Å². The molecule has 0 saturated carbocycles. The van der Waals surface area contributed by atoms with Crippen molar-refractivity contribution in [1.82, 2.24) is 0 Å². The maximum absolute atomic E-state index is 14.6. The zero-order valence-electron chi connectivity index (χ0n) is 28.4. The van der Waals surface area contributed by atoms with Gasteiger partial charge in [0.2, 0.25) is 0 Å². The van der Waals surface area contributed by atoms with Crippen LogP contribution < -0.4 is 0 Å². The van der Waals surface area contributed by atoms with E-state index in [4.69, 9.17) is 4.74 Å². The SMILES string of the molecule is C=CCC(CCCCCOCCCCCC(CC=C)C(F)(F)C(F)(F)C(F)(F)C(F)(F)C(F)(F)C(F)(F)F)C(F)(F)C(F)(F)C(F)(F)C(F)(F)C(F)(F)C(F)(F)F. The largest absolute Gasteiger partial charge is 0.460 e. The molecular formula is C30H32F26O. The van der Waals surface area contributed by atoms with Gasteiger partial charge < -0.3 is 4.74 Å². The second kappa shape index (κ2) is 18.1. The molecule has 340 valence electrons. The first-order valence-corrected chi connectivity index (χ1v) is 15.8. The lowest BCUT2D eigenvalue weighted by Crippen LogP contribution is -2.71. The molecule has 0 aliphatic carbocycles. The second-order valence-electron chi connectivity index (χ2n) is 12.6. The van der Waals surface area contributed by atoms with Crippen molar-refractivity contribution in [3.63, 3.8) is 0 Å². The summed E-state index contributed by atoms with van der Waals surface area (Å²) in [6.45, 7) is 4.98. The highest BCUT2D eigenvalue weighted by Gasteiger charge is 2.92. The Labute approximate surface area is 305 Å². The van der Waals surface area contributed by atoms with Gasteiger partial charge in [-0.15, -0.1) is 13.2 Å². The van der Waals surface area contributed by atoms with Crippen molar-refractivity contribution < 1.29 is 119 Å². The lowest BCUT2D eigenvalue weighted by Gasteiger charge is -2.41. The molecule has 0 heterocycles. The number of alkyl halides is 26. The van der Waals surface area contributed by atoms with Gasteiger partial charge in [-0.1, -0.05) is 37.8 Å². The zero-order chi connectivity index (χ0) is 45.8. The number of rotatable bonds is 26. The fraction of sp³-hybridized carbons (Fsp3) is 0.867. The highest BCUT2D eigenvalue weighted by atomic mass is 19.4. The molecule has 0 rings (SSSR count). The van der Waals surface area contributed by atoms with Crippen LogP contribution in [0.1, 0.15) is 64.2 Å². The predicted octanol–water partition coefficient (Wildman–Crippen LogP) is 14.0. The maximum atomic E-state index is 14.6. The molecule has 27 heteroatoms. The van der Waals surface area contributed by atoms with Crippen molar-refractivity contribution in [3.05, 3.63) is 25.3 Å². The van der Waals surface area contributed by atoms with E-state index in [1.54, 1.807) is 0 Å². The third-order valence-electron chi connectivity index (χ3n) is 8.53. The van der Waals surface area contributed by atoms with E-state index in [2.05, 4.69) is 13.2 Å². The number of unbranched alkanes of at least 4 members (excludes halogenated alkanes) is 4. The standard InChI is InChI=1S/C30H32F26O/c1-3-11-17(19(31,32)21(35,36)23(39,40)25(43,44)27(47,48)29(51,52)53)13-7-5-9-15-57-16-10-6-8-14-18(12-4-2)20(33,34)22(37,38)24(41,42)26(45,46)28(49,50)30(54,55)56/h3-4,17-18H,1-2,5-16H2. The first kappa shape index (κ1) is 54.6. The second-order valence-corrected chi connectivity index (χ2v) is 12.6. The Morgan fingerprint density at radius 2 is 0.579 bits per heavy atom. The van der Waals surface area contributed by atoms with Gasteiger partial charge in [0.05, 0.1) is 0 Å². The lowest BCUT2D eigenvalue weighted by molar-refractivity contribution is -0.443. The molecule has 0 aromatic rings. The normalized spacial score (nSPS) is 16.5. The monoisotopic (exact) mass is 902 g/mol. The summed E-state index contributed by atoms with van der Waals surface area (Å²) in [6, 6.07) is 0. The molecule has 0 N–H and O–H groups in total. The summed E-state index contributed by atoms with van der Waals surface area (Å²) in [5, 5.41) is 0. The van der Waals surface area contributed by atoms with Gasteiger partial charge in [0.15, 0.2) is 0 Å². The van der Waals surface area contributed by atoms with Gasteiger partial charge in [-0.05, 0) is 38.5 Å². The molecule has 2 atom stereocenters. The minimum atomic E-state index is -8.07. The average molecular weight is 903 g/mol. The molecule has 2 unspecified atom stereocenters. The van der Waals surface area contributed by atoms with Crippen LogP contribution in [0.25, 0.3) is 0 Å². The lowest BCUT2D eigenvalue weighted by atomic mass is 9.83. The molecule has 0 aromatic heterocycles. The fourth-order valence-electron chi connectivity index (χ4n) is 5.02. The molecule has 0 spiro atoms. The van der Waals surface area contributed by atoms with E-state index in [0.717, 1.165) is 0 Å². The van der Waals surface area contributed by atoms with Gasteiger partial charge in [0.1, 0.15) is 0 Å². The number of halogens is 26. The minimum Gasteiger partial charge on any atom is -0.381 e. The number of allylic oxidation sites excluding steroid dienone is 2. The van der Waals surface area contributed by atoms with Crippen LogP contribution in [0.15, 0.2) is 25.3 Å². The van der Waals surface area contributed by atoms with Crippen molar-refractivity contribution in [2.24, 2.45) is 11.8 Å². The molecule has 0 aromatic carbocycles. The van der Waals surface area contributed by atoms with Crippen molar-refractivity contribution in [2.45, 2.75) is 136 Å². The molecule has 57 heavy (non-hydrogen) atoms. The van der Waals surface area contributed by atoms with Crippen LogP contribution in [0.2, 0.25) is 0 Å². The Kier molecular flexibility index (Phi) is 17.3. The molecule has 0 aliphatic rings. The minimum absolute atomic E-state index is 0.205. The van der Waals surface area contributed by atoms with Crippen molar-refractivity contribution >= 4 is 0 Å². The summed E-state index contributed by atoms with van der Waals surface area (Å²) in [6.07, 6.45) is -21.9. The van der Waals surface area contributed by atoms with Crippen LogP contribution in [0, 0.1) is 11.8 Å². The van der Waals surface area contributed by atoms with E-state index in [-0.39, 0.29) is 38.9 Å². The summed E-state index contributed by atoms with van der Waals surface area (Å²) < 4.78 is 356. The van der Waals surface area contributed by atoms with E-state index >= 15 is 0 Å². The molecule has 0 aliphatic heterocycles. The summed E-state index contributed by atoms with van der Waals surface area (Å²) in [5.74, 6) is -81.7. The Morgan fingerprint density at radius 3 is 0.807 bits per heavy atom. The van der Waals surface area contributed by atoms with E-state index in [1.165, 1.54) is 0 Å². The van der Waals surface area contributed by atoms with E-state index in [9.17, 15) is 114 Å². The van der Waals surface area contributed by atoms with Crippen molar-refractivity contribution in [2.75, 3.05) is 13.2 Å². The smallest absolute Gasteiger partial charge is 0.381 e. The molecule has 1 nitrogen and oxygen atoms in total. The van der Waals surface area contributed by atoms with Gasteiger partial charge in [0.25, 0.3) is 0 Å². The summed E-state index contributed by atoms with van der Waals surface area (Å²) in [5.41, 5.74) is 0. The Balaban J connectivity index is 5.32. The van der Waals surface area contributed by atoms with E-state index in [1.807, 2.05) is 0 Å². The zero-order valence-corrected chi connectivity index (χ0v) is 28.4. The quantitative estimate of drug-likeness (QED) is 0.0477. The van der Waals surface area contributed by atoms with Crippen LogP contribution in [0.5, 0.6) is 0 Å². The highest BCUT2D eigenvalue weighted by molar-refractivity contribution is 5.13. The molecule has 0 amide bonds. The summed E-state index contributed by atoms with van der Waals surface area (Å²) in [4.78, 5) is 0. The van der Waals surface area contributed by atoms with Crippen LogP contribution in [0.3, 0.4) is 0 Å². The average Bonchev–Trinajstić information content (AvgIpc) is 3.04. The Bertz CT molecular complexity index is 1180. The molecule has 0 bridgehead atoms. The molecular weight excluding hydrogens is 870 g/mol. The van der Waals surface area contributed by atoms with Crippen LogP contribution in [-0.2, 0) is 4.74 Å². The van der Waals surface area contributed by atoms with Gasteiger partial charge in [-0.25, -0.2) is 0 Å². The number of hydrogen-bond donors (Lipinski definition) is 0. The predicted molar refractivity (Wildman–Crippen MR) is 146 cm³/mol.